The van der Waals surface area contributed by atoms with E-state index >= 15 is 0 Å². The van der Waals surface area contributed by atoms with Crippen molar-refractivity contribution in [1.29, 1.82) is 0 Å². The number of hydrogen-bond donors (Lipinski definition) is 2. The lowest BCUT2D eigenvalue weighted by Crippen LogP contribution is -2.32. The number of alkyl halides is 3. The van der Waals surface area contributed by atoms with Crippen LogP contribution in [0, 0.1) is 0 Å². The first-order chi connectivity index (χ1) is 13.7. The number of hydrazone groups is 1. The van der Waals surface area contributed by atoms with Gasteiger partial charge < -0.3 is 10.1 Å². The van der Waals surface area contributed by atoms with Crippen LogP contribution in [0.3, 0.4) is 0 Å². The molecule has 0 aromatic heterocycles. The van der Waals surface area contributed by atoms with Gasteiger partial charge in [-0.15, -0.1) is 0 Å². The van der Waals surface area contributed by atoms with Gasteiger partial charge in [0, 0.05) is 11.3 Å². The molecule has 2 rings (SSSR count). The first kappa shape index (κ1) is 21.6. The lowest BCUT2D eigenvalue weighted by atomic mass is 10.1. The SMILES string of the molecule is CCOC(=O)c1ccc(NC(=O)C(=O)N/N=C\c2ccccc2C(F)(F)F)cc1. The molecule has 0 unspecified atom stereocenters. The normalized spacial score (nSPS) is 11.2. The van der Waals surface area contributed by atoms with Crippen LogP contribution in [0.15, 0.2) is 53.6 Å². The van der Waals surface area contributed by atoms with Crippen molar-refractivity contribution in [1.82, 2.24) is 5.43 Å². The van der Waals surface area contributed by atoms with Crippen molar-refractivity contribution < 1.29 is 32.3 Å². The van der Waals surface area contributed by atoms with Gasteiger partial charge in [0.2, 0.25) is 0 Å². The molecule has 7 nitrogen and oxygen atoms in total. The molecule has 0 bridgehead atoms. The van der Waals surface area contributed by atoms with Gasteiger partial charge in [0.15, 0.2) is 0 Å². The van der Waals surface area contributed by atoms with Crippen molar-refractivity contribution in [2.45, 2.75) is 13.1 Å². The maximum Gasteiger partial charge on any atom is 0.417 e. The van der Waals surface area contributed by atoms with Crippen molar-refractivity contribution in [3.63, 3.8) is 0 Å². The molecule has 0 aliphatic rings. The standard InChI is InChI=1S/C19H16F3N3O4/c1-2-29-18(28)12-7-9-14(10-8-12)24-16(26)17(27)25-23-11-13-5-3-4-6-15(13)19(20,21)22/h3-11H,2H2,1H3,(H,24,26)(H,25,27)/b23-11-. The molecule has 2 aromatic carbocycles. The second-order valence-electron chi connectivity index (χ2n) is 5.54. The predicted molar refractivity (Wildman–Crippen MR) is 98.2 cm³/mol. The molecule has 152 valence electrons. The quantitative estimate of drug-likeness (QED) is 0.345. The zero-order chi connectivity index (χ0) is 21.4. The van der Waals surface area contributed by atoms with E-state index in [-0.39, 0.29) is 23.4 Å². The molecule has 0 aliphatic carbocycles. The van der Waals surface area contributed by atoms with Crippen LogP contribution in [0.1, 0.15) is 28.4 Å². The summed E-state index contributed by atoms with van der Waals surface area (Å²) in [7, 11) is 0. The molecule has 0 fully saturated rings. The van der Waals surface area contributed by atoms with Crippen LogP contribution in [0.2, 0.25) is 0 Å². The molecule has 0 saturated carbocycles. The van der Waals surface area contributed by atoms with E-state index in [0.29, 0.717) is 0 Å². The Hall–Kier alpha value is -3.69. The second-order valence-corrected chi connectivity index (χ2v) is 5.54. The molecule has 10 heteroatoms. The van der Waals surface area contributed by atoms with Gasteiger partial charge in [-0.1, -0.05) is 18.2 Å². The number of esters is 1. The zero-order valence-electron chi connectivity index (χ0n) is 15.1. The molecule has 2 aromatic rings. The molecular weight excluding hydrogens is 391 g/mol. The average molecular weight is 407 g/mol. The Morgan fingerprint density at radius 2 is 1.69 bits per heavy atom. The molecule has 0 aliphatic heterocycles. The highest BCUT2D eigenvalue weighted by molar-refractivity contribution is 6.39. The summed E-state index contributed by atoms with van der Waals surface area (Å²) in [6, 6.07) is 10.2. The van der Waals surface area contributed by atoms with Gasteiger partial charge in [0.05, 0.1) is 23.9 Å². The Bertz CT molecular complexity index is 925. The minimum Gasteiger partial charge on any atom is -0.462 e. The number of nitrogens with zero attached hydrogens (tertiary/aromatic N) is 1. The fourth-order valence-corrected chi connectivity index (χ4v) is 2.17. The second kappa shape index (κ2) is 9.49. The maximum absolute atomic E-state index is 12.9. The zero-order valence-corrected chi connectivity index (χ0v) is 15.1. The van der Waals surface area contributed by atoms with E-state index in [4.69, 9.17) is 4.74 Å². The number of nitrogens with one attached hydrogen (secondary N) is 2. The highest BCUT2D eigenvalue weighted by Crippen LogP contribution is 2.31. The largest absolute Gasteiger partial charge is 0.462 e. The summed E-state index contributed by atoms with van der Waals surface area (Å²) in [5, 5.41) is 5.66. The Kier molecular flexibility index (Phi) is 7.07. The molecule has 0 atom stereocenters. The highest BCUT2D eigenvalue weighted by Gasteiger charge is 2.32. The minimum atomic E-state index is -4.58. The van der Waals surface area contributed by atoms with E-state index in [1.165, 1.54) is 42.5 Å². The van der Waals surface area contributed by atoms with Crippen molar-refractivity contribution >= 4 is 29.7 Å². The van der Waals surface area contributed by atoms with Crippen LogP contribution in [0.25, 0.3) is 0 Å². The number of anilines is 1. The van der Waals surface area contributed by atoms with Gasteiger partial charge in [-0.25, -0.2) is 10.2 Å². The van der Waals surface area contributed by atoms with Gasteiger partial charge in [-0.2, -0.15) is 18.3 Å². The van der Waals surface area contributed by atoms with Crippen LogP contribution < -0.4 is 10.7 Å². The molecule has 29 heavy (non-hydrogen) atoms. The third-order valence-corrected chi connectivity index (χ3v) is 3.50. The smallest absolute Gasteiger partial charge is 0.417 e. The summed E-state index contributed by atoms with van der Waals surface area (Å²) in [4.78, 5) is 35.1. The van der Waals surface area contributed by atoms with Crippen LogP contribution in [0.4, 0.5) is 18.9 Å². The molecule has 0 radical (unpaired) electrons. The average Bonchev–Trinajstić information content (AvgIpc) is 2.68. The van der Waals surface area contributed by atoms with Crippen molar-refractivity contribution in [2.75, 3.05) is 11.9 Å². The fraction of sp³-hybridized carbons (Fsp3) is 0.158. The lowest BCUT2D eigenvalue weighted by molar-refractivity contribution is -0.137. The lowest BCUT2D eigenvalue weighted by Gasteiger charge is -2.09. The van der Waals surface area contributed by atoms with E-state index in [0.717, 1.165) is 12.3 Å². The van der Waals surface area contributed by atoms with Gasteiger partial charge in [0.1, 0.15) is 0 Å². The fourth-order valence-electron chi connectivity index (χ4n) is 2.17. The number of hydrogen-bond acceptors (Lipinski definition) is 5. The summed E-state index contributed by atoms with van der Waals surface area (Å²) in [6.07, 6.45) is -3.79. The molecule has 0 spiro atoms. The van der Waals surface area contributed by atoms with E-state index in [9.17, 15) is 27.6 Å². The third kappa shape index (κ3) is 6.16. The molecule has 0 heterocycles. The number of amides is 2. The van der Waals surface area contributed by atoms with Gasteiger partial charge in [0.25, 0.3) is 0 Å². The van der Waals surface area contributed by atoms with Crippen LogP contribution in [-0.4, -0.2) is 30.6 Å². The van der Waals surface area contributed by atoms with Crippen LogP contribution >= 0.6 is 0 Å². The highest BCUT2D eigenvalue weighted by atomic mass is 19.4. The summed E-state index contributed by atoms with van der Waals surface area (Å²) >= 11 is 0. The number of benzene rings is 2. The Balaban J connectivity index is 1.96. The van der Waals surface area contributed by atoms with E-state index < -0.39 is 29.5 Å². The number of carbonyl (C=O) groups is 3. The van der Waals surface area contributed by atoms with E-state index in [1.54, 1.807) is 6.92 Å². The summed E-state index contributed by atoms with van der Waals surface area (Å²) in [5.74, 6) is -2.80. The third-order valence-electron chi connectivity index (χ3n) is 3.50. The number of rotatable bonds is 5. The number of carbonyl (C=O) groups excluding carboxylic acids is 3. The van der Waals surface area contributed by atoms with Crippen LogP contribution in [0.5, 0.6) is 0 Å². The minimum absolute atomic E-state index is 0.214. The maximum atomic E-state index is 12.9. The molecule has 0 saturated heterocycles. The molecule has 2 amide bonds. The first-order valence-corrected chi connectivity index (χ1v) is 8.30. The summed E-state index contributed by atoms with van der Waals surface area (Å²) in [6.45, 7) is 1.88. The first-order valence-electron chi connectivity index (χ1n) is 8.30. The predicted octanol–water partition coefficient (Wildman–Crippen LogP) is 2.97. The summed E-state index contributed by atoms with van der Waals surface area (Å²) < 4.78 is 43.5. The van der Waals surface area contributed by atoms with Crippen LogP contribution in [-0.2, 0) is 20.5 Å². The number of ether oxygens (including phenoxy) is 1. The van der Waals surface area contributed by atoms with E-state index in [1.807, 2.05) is 5.43 Å². The van der Waals surface area contributed by atoms with Gasteiger partial charge >= 0.3 is 24.0 Å². The van der Waals surface area contributed by atoms with E-state index in [2.05, 4.69) is 10.4 Å². The van der Waals surface area contributed by atoms with Crippen molar-refractivity contribution in [3.05, 3.63) is 65.2 Å². The molecule has 2 N–H and O–H groups in total. The van der Waals surface area contributed by atoms with Crippen molar-refractivity contribution in [2.24, 2.45) is 5.10 Å². The molecular formula is C19H16F3N3O4. The topological polar surface area (TPSA) is 96.9 Å². The Morgan fingerprint density at radius 3 is 2.31 bits per heavy atom. The number of halogens is 3. The monoisotopic (exact) mass is 407 g/mol. The van der Waals surface area contributed by atoms with Crippen molar-refractivity contribution in [3.8, 4) is 0 Å². The van der Waals surface area contributed by atoms with Gasteiger partial charge in [-0.3, -0.25) is 9.59 Å². The van der Waals surface area contributed by atoms with Gasteiger partial charge in [-0.05, 0) is 37.3 Å². The Morgan fingerprint density at radius 1 is 1.03 bits per heavy atom. The summed E-state index contributed by atoms with van der Waals surface area (Å²) in [5.41, 5.74) is 1.15. The Labute approximate surface area is 163 Å².